The Balaban J connectivity index is 1.46. The largest absolute Gasteiger partial charge is 0.353 e. The lowest BCUT2D eigenvalue weighted by molar-refractivity contribution is 0.0742. The van der Waals surface area contributed by atoms with Crippen LogP contribution in [0, 0.1) is 19.7 Å². The number of amides is 1. The van der Waals surface area contributed by atoms with Gasteiger partial charge in [0.05, 0.1) is 10.6 Å². The summed E-state index contributed by atoms with van der Waals surface area (Å²) in [5.41, 5.74) is 1.02. The van der Waals surface area contributed by atoms with E-state index in [0.717, 1.165) is 11.4 Å². The molecule has 1 saturated heterocycles. The summed E-state index contributed by atoms with van der Waals surface area (Å²) in [6.45, 7) is 5.84. The molecule has 0 unspecified atom stereocenters. The van der Waals surface area contributed by atoms with Gasteiger partial charge in [0, 0.05) is 38.4 Å². The lowest BCUT2D eigenvalue weighted by atomic mass is 10.1. The molecule has 3 aromatic rings. The molecule has 0 bridgehead atoms. The number of hydrogen-bond donors (Lipinski definition) is 1. The molecule has 7 nitrogen and oxygen atoms in total. The van der Waals surface area contributed by atoms with Crippen LogP contribution in [-0.4, -0.2) is 51.9 Å². The topological polar surface area (TPSA) is 74.2 Å². The van der Waals surface area contributed by atoms with Gasteiger partial charge in [0.25, 0.3) is 5.91 Å². The van der Waals surface area contributed by atoms with Crippen molar-refractivity contribution in [2.24, 2.45) is 0 Å². The molecular weight excluding hydrogens is 419 g/mol. The maximum absolute atomic E-state index is 14.1. The molecule has 0 atom stereocenters. The van der Waals surface area contributed by atoms with Crippen molar-refractivity contribution in [3.63, 3.8) is 0 Å². The molecule has 1 amide bonds. The third-order valence-electron chi connectivity index (χ3n) is 5.06. The van der Waals surface area contributed by atoms with E-state index in [-0.39, 0.29) is 10.6 Å². The van der Waals surface area contributed by atoms with Crippen molar-refractivity contribution in [1.82, 2.24) is 19.9 Å². The van der Waals surface area contributed by atoms with E-state index in [9.17, 15) is 9.18 Å². The molecule has 2 aromatic heterocycles. The van der Waals surface area contributed by atoms with Gasteiger partial charge in [0.2, 0.25) is 0 Å². The zero-order valence-corrected chi connectivity index (χ0v) is 18.0. The minimum atomic E-state index is -0.605. The number of aromatic nitrogens is 3. The molecule has 1 aliphatic heterocycles. The monoisotopic (exact) mass is 440 g/mol. The number of piperazine rings is 1. The number of nitrogens with zero attached hydrogens (tertiary/aromatic N) is 5. The SMILES string of the molecule is Cc1ccnc(Nc2cc(N3CCN(C(=O)c4c(F)cccc4Cl)CC3)nc(C)n2)c1. The summed E-state index contributed by atoms with van der Waals surface area (Å²) in [5.74, 6) is 1.75. The normalized spacial score (nSPS) is 13.9. The highest BCUT2D eigenvalue weighted by Gasteiger charge is 2.26. The van der Waals surface area contributed by atoms with Crippen LogP contribution in [0.3, 0.4) is 0 Å². The molecule has 1 N–H and O–H groups in total. The van der Waals surface area contributed by atoms with Crippen molar-refractivity contribution in [2.45, 2.75) is 13.8 Å². The Morgan fingerprint density at radius 3 is 2.55 bits per heavy atom. The van der Waals surface area contributed by atoms with Gasteiger partial charge in [-0.25, -0.2) is 19.3 Å². The maximum Gasteiger partial charge on any atom is 0.258 e. The van der Waals surface area contributed by atoms with Crippen LogP contribution in [0.1, 0.15) is 21.7 Å². The molecule has 0 saturated carbocycles. The molecule has 3 heterocycles. The van der Waals surface area contributed by atoms with Crippen LogP contribution in [0.4, 0.5) is 21.8 Å². The van der Waals surface area contributed by atoms with Gasteiger partial charge in [-0.1, -0.05) is 17.7 Å². The third kappa shape index (κ3) is 4.74. The fraction of sp³-hybridized carbons (Fsp3) is 0.273. The summed E-state index contributed by atoms with van der Waals surface area (Å²) < 4.78 is 14.1. The van der Waals surface area contributed by atoms with Crippen LogP contribution in [-0.2, 0) is 0 Å². The number of carbonyl (C=O) groups is 1. The van der Waals surface area contributed by atoms with E-state index < -0.39 is 11.7 Å². The Labute approximate surface area is 184 Å². The van der Waals surface area contributed by atoms with E-state index in [1.807, 2.05) is 32.0 Å². The second kappa shape index (κ2) is 8.85. The number of halogens is 2. The highest BCUT2D eigenvalue weighted by molar-refractivity contribution is 6.33. The summed E-state index contributed by atoms with van der Waals surface area (Å²) in [5, 5.41) is 3.34. The van der Waals surface area contributed by atoms with Crippen LogP contribution in [0.5, 0.6) is 0 Å². The minimum absolute atomic E-state index is 0.0763. The molecule has 1 aromatic carbocycles. The van der Waals surface area contributed by atoms with Gasteiger partial charge in [0.15, 0.2) is 0 Å². The fourth-order valence-corrected chi connectivity index (χ4v) is 3.76. The van der Waals surface area contributed by atoms with E-state index >= 15 is 0 Å². The molecule has 9 heteroatoms. The fourth-order valence-electron chi connectivity index (χ4n) is 3.51. The lowest BCUT2D eigenvalue weighted by Gasteiger charge is -2.35. The average molecular weight is 441 g/mol. The van der Waals surface area contributed by atoms with E-state index in [1.54, 1.807) is 11.1 Å². The van der Waals surface area contributed by atoms with Crippen molar-refractivity contribution in [3.8, 4) is 0 Å². The first kappa shape index (κ1) is 21.0. The Morgan fingerprint density at radius 2 is 1.84 bits per heavy atom. The van der Waals surface area contributed by atoms with Crippen molar-refractivity contribution >= 4 is 35.0 Å². The number of benzene rings is 1. The number of anilines is 3. The Hall–Kier alpha value is -3.26. The number of aryl methyl sites for hydroxylation is 2. The quantitative estimate of drug-likeness (QED) is 0.661. The van der Waals surface area contributed by atoms with Crippen molar-refractivity contribution in [2.75, 3.05) is 36.4 Å². The average Bonchev–Trinajstić information content (AvgIpc) is 2.73. The van der Waals surface area contributed by atoms with Crippen LogP contribution in [0.25, 0.3) is 0 Å². The first-order valence-corrected chi connectivity index (χ1v) is 10.3. The van der Waals surface area contributed by atoms with Gasteiger partial charge in [0.1, 0.15) is 29.1 Å². The van der Waals surface area contributed by atoms with Crippen LogP contribution in [0.2, 0.25) is 5.02 Å². The number of pyridine rings is 1. The zero-order valence-electron chi connectivity index (χ0n) is 17.3. The maximum atomic E-state index is 14.1. The predicted molar refractivity (Wildman–Crippen MR) is 119 cm³/mol. The van der Waals surface area contributed by atoms with Crippen LogP contribution >= 0.6 is 11.6 Å². The summed E-state index contributed by atoms with van der Waals surface area (Å²) in [6.07, 6.45) is 1.74. The molecule has 4 rings (SSSR count). The molecule has 0 aliphatic carbocycles. The summed E-state index contributed by atoms with van der Waals surface area (Å²) in [6, 6.07) is 9.99. The van der Waals surface area contributed by atoms with E-state index in [1.165, 1.54) is 18.2 Å². The van der Waals surface area contributed by atoms with E-state index in [0.29, 0.717) is 43.6 Å². The first-order chi connectivity index (χ1) is 14.9. The summed E-state index contributed by atoms with van der Waals surface area (Å²) >= 11 is 6.05. The van der Waals surface area contributed by atoms with Crippen LogP contribution in [0.15, 0.2) is 42.6 Å². The number of hydrogen-bond acceptors (Lipinski definition) is 6. The molecular formula is C22H22ClFN6O. The van der Waals surface area contributed by atoms with Gasteiger partial charge >= 0.3 is 0 Å². The highest BCUT2D eigenvalue weighted by Crippen LogP contribution is 2.24. The van der Waals surface area contributed by atoms with Crippen molar-refractivity contribution in [3.05, 3.63) is 70.4 Å². The second-order valence-electron chi connectivity index (χ2n) is 7.38. The van der Waals surface area contributed by atoms with Gasteiger partial charge < -0.3 is 15.1 Å². The predicted octanol–water partition coefficient (Wildman–Crippen LogP) is 3.99. The number of carbonyl (C=O) groups excluding carboxylic acids is 1. The zero-order chi connectivity index (χ0) is 22.0. The summed E-state index contributed by atoms with van der Waals surface area (Å²) in [7, 11) is 0. The second-order valence-corrected chi connectivity index (χ2v) is 7.79. The molecule has 1 aliphatic rings. The highest BCUT2D eigenvalue weighted by atomic mass is 35.5. The van der Waals surface area contributed by atoms with Crippen LogP contribution < -0.4 is 10.2 Å². The van der Waals surface area contributed by atoms with Gasteiger partial charge in [-0.3, -0.25) is 4.79 Å². The van der Waals surface area contributed by atoms with Gasteiger partial charge in [-0.05, 0) is 43.7 Å². The third-order valence-corrected chi connectivity index (χ3v) is 5.38. The van der Waals surface area contributed by atoms with Crippen molar-refractivity contribution < 1.29 is 9.18 Å². The van der Waals surface area contributed by atoms with E-state index in [4.69, 9.17) is 11.6 Å². The Morgan fingerprint density at radius 1 is 1.06 bits per heavy atom. The number of rotatable bonds is 4. The van der Waals surface area contributed by atoms with Gasteiger partial charge in [-0.15, -0.1) is 0 Å². The Kier molecular flexibility index (Phi) is 5.99. The van der Waals surface area contributed by atoms with E-state index in [2.05, 4.69) is 25.2 Å². The Bertz CT molecular complexity index is 1100. The van der Waals surface area contributed by atoms with Crippen molar-refractivity contribution in [1.29, 1.82) is 0 Å². The molecule has 0 radical (unpaired) electrons. The first-order valence-electron chi connectivity index (χ1n) is 9.94. The molecule has 1 fully saturated rings. The molecule has 160 valence electrons. The smallest absolute Gasteiger partial charge is 0.258 e. The minimum Gasteiger partial charge on any atom is -0.353 e. The summed E-state index contributed by atoms with van der Waals surface area (Å²) in [4.78, 5) is 29.8. The standard InChI is InChI=1S/C22H22ClFN6O/c1-14-6-7-25-18(12-14)28-19-13-20(27-15(2)26-19)29-8-10-30(11-9-29)22(31)21-16(23)4-3-5-17(21)24/h3-7,12-13H,8-11H2,1-2H3,(H,25,26,27,28). The molecule has 31 heavy (non-hydrogen) atoms. The van der Waals surface area contributed by atoms with Gasteiger partial charge in [-0.2, -0.15) is 0 Å². The molecule has 0 spiro atoms. The number of nitrogens with one attached hydrogen (secondary N) is 1. The lowest BCUT2D eigenvalue weighted by Crippen LogP contribution is -2.49.